The van der Waals surface area contributed by atoms with E-state index in [1.165, 1.54) is 11.8 Å². The summed E-state index contributed by atoms with van der Waals surface area (Å²) in [6.45, 7) is 1.67. The molecule has 0 bridgehead atoms. The number of carbonyl (C=O) groups is 1. The number of likely N-dealkylation sites (tertiary alicyclic amines) is 1. The number of hydrogen-bond donors (Lipinski definition) is 0. The van der Waals surface area contributed by atoms with E-state index in [-0.39, 0.29) is 17.2 Å². The van der Waals surface area contributed by atoms with Gasteiger partial charge in [0.25, 0.3) is 5.56 Å². The van der Waals surface area contributed by atoms with Crippen molar-refractivity contribution in [2.75, 3.05) is 18.8 Å². The molecule has 0 radical (unpaired) electrons. The van der Waals surface area contributed by atoms with Crippen LogP contribution in [0.1, 0.15) is 12.8 Å². The topological polar surface area (TPSA) is 55.2 Å². The number of fused-ring (bicyclic) bond motifs is 1. The molecule has 1 aliphatic rings. The van der Waals surface area contributed by atoms with Crippen molar-refractivity contribution in [1.29, 1.82) is 0 Å². The largest absolute Gasteiger partial charge is 0.342 e. The van der Waals surface area contributed by atoms with Gasteiger partial charge in [-0.05, 0) is 25.0 Å². The van der Waals surface area contributed by atoms with E-state index in [9.17, 15) is 9.59 Å². The average Bonchev–Trinajstić information content (AvgIpc) is 3.03. The summed E-state index contributed by atoms with van der Waals surface area (Å²) >= 11 is 1.24. The van der Waals surface area contributed by atoms with Crippen LogP contribution >= 0.6 is 11.8 Å². The summed E-state index contributed by atoms with van der Waals surface area (Å²) in [5.74, 6) is 0.370. The van der Waals surface area contributed by atoms with Crippen LogP contribution in [-0.4, -0.2) is 39.2 Å². The number of para-hydroxylation sites is 2. The van der Waals surface area contributed by atoms with Crippen molar-refractivity contribution in [2.24, 2.45) is 7.05 Å². The van der Waals surface area contributed by atoms with Gasteiger partial charge in [-0.15, -0.1) is 0 Å². The van der Waals surface area contributed by atoms with Crippen LogP contribution < -0.4 is 5.56 Å². The highest BCUT2D eigenvalue weighted by Crippen LogP contribution is 2.17. The Morgan fingerprint density at radius 2 is 2.00 bits per heavy atom. The molecular formula is C15H17N3O2S. The fourth-order valence-corrected chi connectivity index (χ4v) is 3.40. The molecule has 110 valence electrons. The SMILES string of the molecule is Cn1c(=O)c(SCC(=O)N2CCCC2)nc2ccccc21. The predicted molar refractivity (Wildman–Crippen MR) is 83.5 cm³/mol. The van der Waals surface area contributed by atoms with Crippen LogP contribution in [0.4, 0.5) is 0 Å². The Morgan fingerprint density at radius 3 is 2.76 bits per heavy atom. The summed E-state index contributed by atoms with van der Waals surface area (Å²) in [5.41, 5.74) is 1.43. The van der Waals surface area contributed by atoms with Crippen molar-refractivity contribution in [3.8, 4) is 0 Å². The number of hydrogen-bond acceptors (Lipinski definition) is 4. The molecule has 0 saturated carbocycles. The first kappa shape index (κ1) is 14.1. The number of carbonyl (C=O) groups excluding carboxylic acids is 1. The highest BCUT2D eigenvalue weighted by atomic mass is 32.2. The third-order valence-electron chi connectivity index (χ3n) is 3.74. The second kappa shape index (κ2) is 5.89. The van der Waals surface area contributed by atoms with Crippen molar-refractivity contribution in [3.05, 3.63) is 34.6 Å². The Hall–Kier alpha value is -1.82. The Bertz CT molecular complexity index is 735. The van der Waals surface area contributed by atoms with E-state index in [4.69, 9.17) is 0 Å². The van der Waals surface area contributed by atoms with E-state index in [0.717, 1.165) is 37.0 Å². The lowest BCUT2D eigenvalue weighted by Gasteiger charge is -2.14. The molecule has 3 rings (SSSR count). The molecule has 1 aromatic heterocycles. The number of aromatic nitrogens is 2. The number of rotatable bonds is 3. The average molecular weight is 303 g/mol. The summed E-state index contributed by atoms with van der Waals surface area (Å²) < 4.78 is 1.59. The van der Waals surface area contributed by atoms with Crippen LogP contribution in [0.25, 0.3) is 11.0 Å². The Kier molecular flexibility index (Phi) is 3.96. The first-order valence-corrected chi connectivity index (χ1v) is 8.02. The number of aryl methyl sites for hydroxylation is 1. The summed E-state index contributed by atoms with van der Waals surface area (Å²) in [6, 6.07) is 7.52. The highest BCUT2D eigenvalue weighted by Gasteiger charge is 2.19. The second-order valence-electron chi connectivity index (χ2n) is 5.15. The number of thioether (sulfide) groups is 1. The van der Waals surface area contributed by atoms with Gasteiger partial charge in [-0.25, -0.2) is 4.98 Å². The number of nitrogens with zero attached hydrogens (tertiary/aromatic N) is 3. The van der Waals surface area contributed by atoms with Crippen molar-refractivity contribution in [1.82, 2.24) is 14.5 Å². The standard InChI is InChI=1S/C15H17N3O2S/c1-17-12-7-3-2-6-11(12)16-14(15(17)20)21-10-13(19)18-8-4-5-9-18/h2-3,6-7H,4-5,8-10H2,1H3. The molecule has 1 saturated heterocycles. The Morgan fingerprint density at radius 1 is 1.29 bits per heavy atom. The molecule has 5 nitrogen and oxygen atoms in total. The summed E-state index contributed by atoms with van der Waals surface area (Å²) in [6.07, 6.45) is 2.15. The zero-order valence-corrected chi connectivity index (χ0v) is 12.7. The van der Waals surface area contributed by atoms with Crippen molar-refractivity contribution in [3.63, 3.8) is 0 Å². The summed E-state index contributed by atoms with van der Waals surface area (Å²) in [7, 11) is 1.73. The molecule has 21 heavy (non-hydrogen) atoms. The lowest BCUT2D eigenvalue weighted by Crippen LogP contribution is -2.29. The third kappa shape index (κ3) is 2.81. The maximum absolute atomic E-state index is 12.3. The highest BCUT2D eigenvalue weighted by molar-refractivity contribution is 7.99. The molecule has 1 aromatic carbocycles. The van der Waals surface area contributed by atoms with Gasteiger partial charge in [0.05, 0.1) is 16.8 Å². The fourth-order valence-electron chi connectivity index (χ4n) is 2.53. The minimum Gasteiger partial charge on any atom is -0.342 e. The Labute approximate surface area is 127 Å². The molecule has 0 N–H and O–H groups in total. The van der Waals surface area contributed by atoms with Gasteiger partial charge in [-0.3, -0.25) is 9.59 Å². The number of amides is 1. The van der Waals surface area contributed by atoms with Gasteiger partial charge in [0.2, 0.25) is 5.91 Å². The van der Waals surface area contributed by atoms with Gasteiger partial charge in [0, 0.05) is 20.1 Å². The smallest absolute Gasteiger partial charge is 0.283 e. The maximum atomic E-state index is 12.3. The van der Waals surface area contributed by atoms with Gasteiger partial charge in [0.1, 0.15) is 0 Å². The molecule has 1 fully saturated rings. The van der Waals surface area contributed by atoms with E-state index in [1.54, 1.807) is 11.6 Å². The van der Waals surface area contributed by atoms with Crippen molar-refractivity contribution >= 4 is 28.7 Å². The second-order valence-corrected chi connectivity index (χ2v) is 6.11. The molecule has 1 amide bonds. The summed E-state index contributed by atoms with van der Waals surface area (Å²) in [4.78, 5) is 30.6. The molecule has 1 aliphatic heterocycles. The zero-order chi connectivity index (χ0) is 14.8. The lowest BCUT2D eigenvalue weighted by atomic mass is 10.3. The van der Waals surface area contributed by atoms with Gasteiger partial charge in [-0.1, -0.05) is 23.9 Å². The summed E-state index contributed by atoms with van der Waals surface area (Å²) in [5, 5.41) is 0.392. The molecule has 0 atom stereocenters. The minimum atomic E-state index is -0.145. The van der Waals surface area contributed by atoms with Crippen LogP contribution in [0.3, 0.4) is 0 Å². The third-order valence-corrected chi connectivity index (χ3v) is 4.67. The van der Waals surface area contributed by atoms with Gasteiger partial charge in [-0.2, -0.15) is 0 Å². The molecule has 0 aliphatic carbocycles. The van der Waals surface area contributed by atoms with Crippen LogP contribution in [0.15, 0.2) is 34.1 Å². The zero-order valence-electron chi connectivity index (χ0n) is 11.9. The molecule has 6 heteroatoms. The molecular weight excluding hydrogens is 286 g/mol. The van der Waals surface area contributed by atoms with Crippen molar-refractivity contribution in [2.45, 2.75) is 17.9 Å². The first-order valence-electron chi connectivity index (χ1n) is 7.03. The van der Waals surface area contributed by atoms with Crippen LogP contribution in [0, 0.1) is 0 Å². The van der Waals surface area contributed by atoms with Crippen LogP contribution in [0.5, 0.6) is 0 Å². The van der Waals surface area contributed by atoms with Gasteiger partial charge < -0.3 is 9.47 Å². The quantitative estimate of drug-likeness (QED) is 0.809. The molecule has 2 heterocycles. The molecule has 2 aromatic rings. The first-order chi connectivity index (χ1) is 10.2. The molecule has 0 spiro atoms. The van der Waals surface area contributed by atoms with E-state index < -0.39 is 0 Å². The Balaban J connectivity index is 1.82. The maximum Gasteiger partial charge on any atom is 0.283 e. The van der Waals surface area contributed by atoms with Crippen molar-refractivity contribution < 1.29 is 4.79 Å². The van der Waals surface area contributed by atoms with Crippen LogP contribution in [0.2, 0.25) is 0 Å². The van der Waals surface area contributed by atoms with E-state index >= 15 is 0 Å². The fraction of sp³-hybridized carbons (Fsp3) is 0.400. The monoisotopic (exact) mass is 303 g/mol. The van der Waals surface area contributed by atoms with E-state index in [1.807, 2.05) is 29.2 Å². The lowest BCUT2D eigenvalue weighted by molar-refractivity contribution is -0.127. The molecule has 0 unspecified atom stereocenters. The van der Waals surface area contributed by atoms with Gasteiger partial charge in [0.15, 0.2) is 5.03 Å². The number of benzene rings is 1. The predicted octanol–water partition coefficient (Wildman–Crippen LogP) is 1.65. The van der Waals surface area contributed by atoms with Gasteiger partial charge >= 0.3 is 0 Å². The normalized spacial score (nSPS) is 14.8. The van der Waals surface area contributed by atoms with E-state index in [0.29, 0.717) is 5.03 Å². The van der Waals surface area contributed by atoms with E-state index in [2.05, 4.69) is 4.98 Å². The minimum absolute atomic E-state index is 0.0921. The van der Waals surface area contributed by atoms with Crippen LogP contribution in [-0.2, 0) is 11.8 Å².